The molecule has 3 aliphatic rings. The summed E-state index contributed by atoms with van der Waals surface area (Å²) < 4.78 is 10.8. The highest BCUT2D eigenvalue weighted by atomic mass is 16.7. The molecule has 1 saturated heterocycles. The molecule has 2 aliphatic heterocycles. The normalized spacial score (nSPS) is 21.4. The standard InChI is InChI=1S/C19H26N2O3/c22-19(12-15-3-1-2-4-15)21-9-7-20(8-10-21)13-16-5-6-17-18(11-16)24-14-23-17/h5-6,11,15H,1-4,7-10,12-14H2. The zero-order valence-electron chi connectivity index (χ0n) is 14.2. The van der Waals surface area contributed by atoms with Gasteiger partial charge in [-0.2, -0.15) is 0 Å². The minimum absolute atomic E-state index is 0.320. The average molecular weight is 330 g/mol. The quantitative estimate of drug-likeness (QED) is 0.851. The molecular formula is C19H26N2O3. The molecule has 1 aliphatic carbocycles. The summed E-state index contributed by atoms with van der Waals surface area (Å²) in [6, 6.07) is 6.16. The molecule has 1 aromatic rings. The van der Waals surface area contributed by atoms with Crippen molar-refractivity contribution in [2.45, 2.75) is 38.6 Å². The summed E-state index contributed by atoms with van der Waals surface area (Å²) in [5, 5.41) is 0. The molecule has 1 saturated carbocycles. The number of nitrogens with zero attached hydrogens (tertiary/aromatic N) is 2. The number of carbonyl (C=O) groups excluding carboxylic acids is 1. The summed E-state index contributed by atoms with van der Waals surface area (Å²) >= 11 is 0. The van der Waals surface area contributed by atoms with Crippen LogP contribution in [0.4, 0.5) is 0 Å². The van der Waals surface area contributed by atoms with Crippen LogP contribution in [0.2, 0.25) is 0 Å². The first-order valence-corrected chi connectivity index (χ1v) is 9.16. The zero-order valence-corrected chi connectivity index (χ0v) is 14.2. The number of ether oxygens (including phenoxy) is 2. The Morgan fingerprint density at radius 2 is 1.79 bits per heavy atom. The maximum absolute atomic E-state index is 12.4. The van der Waals surface area contributed by atoms with E-state index in [0.29, 0.717) is 18.6 Å². The number of amides is 1. The Morgan fingerprint density at radius 3 is 2.58 bits per heavy atom. The van der Waals surface area contributed by atoms with E-state index in [1.165, 1.54) is 31.2 Å². The van der Waals surface area contributed by atoms with Gasteiger partial charge in [0.2, 0.25) is 12.7 Å². The topological polar surface area (TPSA) is 42.0 Å². The molecule has 0 unspecified atom stereocenters. The number of fused-ring (bicyclic) bond motifs is 1. The van der Waals surface area contributed by atoms with E-state index in [0.717, 1.165) is 50.6 Å². The van der Waals surface area contributed by atoms with Crippen LogP contribution in [0.3, 0.4) is 0 Å². The summed E-state index contributed by atoms with van der Waals surface area (Å²) in [4.78, 5) is 16.9. The van der Waals surface area contributed by atoms with Gasteiger partial charge in [0, 0.05) is 39.1 Å². The van der Waals surface area contributed by atoms with Crippen molar-refractivity contribution >= 4 is 5.91 Å². The van der Waals surface area contributed by atoms with Gasteiger partial charge < -0.3 is 14.4 Å². The number of carbonyl (C=O) groups is 1. The number of hydrogen-bond acceptors (Lipinski definition) is 4. The predicted molar refractivity (Wildman–Crippen MR) is 91.0 cm³/mol. The molecule has 1 aromatic carbocycles. The third-order valence-corrected chi connectivity index (χ3v) is 5.51. The molecule has 4 rings (SSSR count). The van der Waals surface area contributed by atoms with Crippen molar-refractivity contribution in [1.82, 2.24) is 9.80 Å². The Balaban J connectivity index is 1.26. The van der Waals surface area contributed by atoms with Crippen molar-refractivity contribution < 1.29 is 14.3 Å². The lowest BCUT2D eigenvalue weighted by molar-refractivity contribution is -0.134. The van der Waals surface area contributed by atoms with E-state index < -0.39 is 0 Å². The van der Waals surface area contributed by atoms with Gasteiger partial charge in [0.15, 0.2) is 11.5 Å². The van der Waals surface area contributed by atoms with Crippen LogP contribution < -0.4 is 9.47 Å². The van der Waals surface area contributed by atoms with Crippen molar-refractivity contribution in [3.05, 3.63) is 23.8 Å². The summed E-state index contributed by atoms with van der Waals surface area (Å²) in [7, 11) is 0. The fraction of sp³-hybridized carbons (Fsp3) is 0.632. The third-order valence-electron chi connectivity index (χ3n) is 5.51. The molecule has 0 atom stereocenters. The minimum Gasteiger partial charge on any atom is -0.454 e. The first kappa shape index (κ1) is 15.8. The van der Waals surface area contributed by atoms with Crippen LogP contribution in [-0.4, -0.2) is 48.7 Å². The Bertz CT molecular complexity index is 590. The monoisotopic (exact) mass is 330 g/mol. The van der Waals surface area contributed by atoms with Crippen molar-refractivity contribution in [1.29, 1.82) is 0 Å². The summed E-state index contributed by atoms with van der Waals surface area (Å²) in [6.07, 6.45) is 5.87. The van der Waals surface area contributed by atoms with E-state index in [1.54, 1.807) is 0 Å². The third kappa shape index (κ3) is 3.51. The molecule has 0 radical (unpaired) electrons. The van der Waals surface area contributed by atoms with Gasteiger partial charge in [-0.3, -0.25) is 9.69 Å². The molecule has 2 heterocycles. The van der Waals surface area contributed by atoms with Crippen LogP contribution in [0.5, 0.6) is 11.5 Å². The number of piperazine rings is 1. The van der Waals surface area contributed by atoms with Gasteiger partial charge in [-0.05, 0) is 36.5 Å². The van der Waals surface area contributed by atoms with E-state index in [1.807, 2.05) is 6.07 Å². The molecule has 5 nitrogen and oxygen atoms in total. The lowest BCUT2D eigenvalue weighted by Crippen LogP contribution is -2.48. The molecule has 0 spiro atoms. The molecule has 2 fully saturated rings. The molecule has 0 aromatic heterocycles. The van der Waals surface area contributed by atoms with Crippen LogP contribution in [0.1, 0.15) is 37.7 Å². The van der Waals surface area contributed by atoms with Crippen molar-refractivity contribution in [3.8, 4) is 11.5 Å². The van der Waals surface area contributed by atoms with Crippen molar-refractivity contribution in [2.24, 2.45) is 5.92 Å². The molecule has 0 bridgehead atoms. The molecule has 0 N–H and O–H groups in total. The van der Waals surface area contributed by atoms with E-state index >= 15 is 0 Å². The van der Waals surface area contributed by atoms with E-state index in [2.05, 4.69) is 21.9 Å². The minimum atomic E-state index is 0.320. The number of benzene rings is 1. The van der Waals surface area contributed by atoms with Gasteiger partial charge >= 0.3 is 0 Å². The van der Waals surface area contributed by atoms with Gasteiger partial charge in [-0.1, -0.05) is 18.9 Å². The van der Waals surface area contributed by atoms with E-state index in [9.17, 15) is 4.79 Å². The molecule has 130 valence electrons. The van der Waals surface area contributed by atoms with Gasteiger partial charge in [-0.25, -0.2) is 0 Å². The second-order valence-electron chi connectivity index (χ2n) is 7.20. The fourth-order valence-corrected chi connectivity index (χ4v) is 4.04. The second kappa shape index (κ2) is 7.01. The van der Waals surface area contributed by atoms with Crippen LogP contribution >= 0.6 is 0 Å². The maximum Gasteiger partial charge on any atom is 0.231 e. The molecular weight excluding hydrogens is 304 g/mol. The van der Waals surface area contributed by atoms with Gasteiger partial charge in [0.05, 0.1) is 0 Å². The van der Waals surface area contributed by atoms with E-state index in [-0.39, 0.29) is 0 Å². The summed E-state index contributed by atoms with van der Waals surface area (Å²) in [6.45, 7) is 4.84. The average Bonchev–Trinajstić information content (AvgIpc) is 3.26. The highest BCUT2D eigenvalue weighted by Gasteiger charge is 2.25. The first-order chi connectivity index (χ1) is 11.8. The Labute approximate surface area is 143 Å². The Morgan fingerprint density at radius 1 is 1.04 bits per heavy atom. The Hall–Kier alpha value is -1.75. The van der Waals surface area contributed by atoms with Crippen LogP contribution in [0, 0.1) is 5.92 Å². The largest absolute Gasteiger partial charge is 0.454 e. The van der Waals surface area contributed by atoms with Crippen LogP contribution in [-0.2, 0) is 11.3 Å². The van der Waals surface area contributed by atoms with Crippen LogP contribution in [0.25, 0.3) is 0 Å². The number of hydrogen-bond donors (Lipinski definition) is 0. The molecule has 24 heavy (non-hydrogen) atoms. The highest BCUT2D eigenvalue weighted by molar-refractivity contribution is 5.76. The SMILES string of the molecule is O=C(CC1CCCC1)N1CCN(Cc2ccc3c(c2)OCO3)CC1. The van der Waals surface area contributed by atoms with Crippen molar-refractivity contribution in [2.75, 3.05) is 33.0 Å². The first-order valence-electron chi connectivity index (χ1n) is 9.16. The summed E-state index contributed by atoms with van der Waals surface area (Å²) in [5.74, 6) is 2.69. The lowest BCUT2D eigenvalue weighted by atomic mass is 10.0. The van der Waals surface area contributed by atoms with Gasteiger partial charge in [0.1, 0.15) is 0 Å². The second-order valence-corrected chi connectivity index (χ2v) is 7.20. The zero-order chi connectivity index (χ0) is 16.4. The molecule has 1 amide bonds. The van der Waals surface area contributed by atoms with Gasteiger partial charge in [0.25, 0.3) is 0 Å². The van der Waals surface area contributed by atoms with Crippen LogP contribution in [0.15, 0.2) is 18.2 Å². The lowest BCUT2D eigenvalue weighted by Gasteiger charge is -2.35. The summed E-state index contributed by atoms with van der Waals surface area (Å²) in [5.41, 5.74) is 1.24. The maximum atomic E-state index is 12.4. The Kier molecular flexibility index (Phi) is 4.60. The van der Waals surface area contributed by atoms with E-state index in [4.69, 9.17) is 9.47 Å². The number of rotatable bonds is 4. The van der Waals surface area contributed by atoms with Gasteiger partial charge in [-0.15, -0.1) is 0 Å². The molecule has 5 heteroatoms. The van der Waals surface area contributed by atoms with Crippen molar-refractivity contribution in [3.63, 3.8) is 0 Å². The fourth-order valence-electron chi connectivity index (χ4n) is 4.04. The smallest absolute Gasteiger partial charge is 0.231 e. The predicted octanol–water partition coefficient (Wildman–Crippen LogP) is 2.64. The highest BCUT2D eigenvalue weighted by Crippen LogP contribution is 2.33.